The molecule has 6 nitrogen and oxygen atoms in total. The highest BCUT2D eigenvalue weighted by atomic mass is 16.5. The standard InChI is InChI=1S/C63H121NO5/c1-3-5-7-9-11-13-15-32-37-41-45-49-53-57-63(68)69-58-54-50-46-42-38-34-31-29-27-25-23-21-19-17-18-20-22-24-26-28-30-33-36-40-44-48-52-56-62(67)64-60(59-65)61(66)55-51-47-43-39-35-16-14-12-10-8-6-4-2/h13,15,17-18,60-61,65-66H,3-12,14,16,19-59H2,1-2H3,(H,64,67)/b15-13-,18-17-. The van der Waals surface area contributed by atoms with Crippen LogP contribution in [0, 0.1) is 0 Å². The fourth-order valence-electron chi connectivity index (χ4n) is 9.69. The van der Waals surface area contributed by atoms with Gasteiger partial charge in [0, 0.05) is 12.8 Å². The molecule has 0 aromatic rings. The third kappa shape index (κ3) is 55.5. The lowest BCUT2D eigenvalue weighted by Crippen LogP contribution is -2.45. The fourth-order valence-corrected chi connectivity index (χ4v) is 9.69. The Bertz CT molecular complexity index is 1080. The lowest BCUT2D eigenvalue weighted by Gasteiger charge is -2.22. The van der Waals surface area contributed by atoms with Gasteiger partial charge in [0.05, 0.1) is 25.4 Å². The highest BCUT2D eigenvalue weighted by Gasteiger charge is 2.20. The van der Waals surface area contributed by atoms with Gasteiger partial charge in [-0.05, 0) is 77.0 Å². The lowest BCUT2D eigenvalue weighted by atomic mass is 10.0. The van der Waals surface area contributed by atoms with E-state index in [1.54, 1.807) is 0 Å². The minimum atomic E-state index is -0.663. The van der Waals surface area contributed by atoms with E-state index in [1.807, 2.05) is 0 Å². The molecule has 2 atom stereocenters. The first-order chi connectivity index (χ1) is 34.0. The molecule has 0 bridgehead atoms. The zero-order valence-corrected chi connectivity index (χ0v) is 46.6. The van der Waals surface area contributed by atoms with Crippen molar-refractivity contribution in [3.63, 3.8) is 0 Å². The summed E-state index contributed by atoms with van der Waals surface area (Å²) < 4.78 is 5.47. The Balaban J connectivity index is 3.37. The van der Waals surface area contributed by atoms with Crippen LogP contribution in [0.15, 0.2) is 24.3 Å². The summed E-state index contributed by atoms with van der Waals surface area (Å²) in [6.07, 6.45) is 72.0. The van der Waals surface area contributed by atoms with E-state index in [2.05, 4.69) is 43.5 Å². The van der Waals surface area contributed by atoms with E-state index in [0.29, 0.717) is 25.9 Å². The number of carbonyl (C=O) groups excluding carboxylic acids is 2. The van der Waals surface area contributed by atoms with Gasteiger partial charge in [0.15, 0.2) is 0 Å². The molecule has 0 aliphatic heterocycles. The molecule has 0 radical (unpaired) electrons. The Labute approximate surface area is 431 Å². The van der Waals surface area contributed by atoms with Crippen LogP contribution in [0.4, 0.5) is 0 Å². The van der Waals surface area contributed by atoms with E-state index < -0.39 is 12.1 Å². The van der Waals surface area contributed by atoms with Crippen LogP contribution >= 0.6 is 0 Å². The van der Waals surface area contributed by atoms with Crippen LogP contribution in [-0.4, -0.2) is 47.4 Å². The summed E-state index contributed by atoms with van der Waals surface area (Å²) in [6.45, 7) is 4.94. The summed E-state index contributed by atoms with van der Waals surface area (Å²) in [5.74, 6) is -0.0292. The van der Waals surface area contributed by atoms with E-state index in [4.69, 9.17) is 4.74 Å². The number of hydrogen-bond donors (Lipinski definition) is 3. The first-order valence-electron chi connectivity index (χ1n) is 31.1. The number of aliphatic hydroxyl groups is 2. The second kappa shape index (κ2) is 58.9. The van der Waals surface area contributed by atoms with Crippen LogP contribution in [0.25, 0.3) is 0 Å². The number of unbranched alkanes of at least 4 members (excludes halogenated alkanes) is 43. The first-order valence-corrected chi connectivity index (χ1v) is 31.1. The SMILES string of the molecule is CCCCCC/C=C\CCCCCCCC(=O)OCCCCCCCCCCCCCC/C=C\CCCCCCCCCCCCCC(=O)NC(CO)C(O)CCCCCCCCCCCCCC. The molecule has 0 saturated heterocycles. The number of carbonyl (C=O) groups is 2. The van der Waals surface area contributed by atoms with Crippen LogP contribution < -0.4 is 5.32 Å². The molecule has 1 amide bonds. The number of hydrogen-bond acceptors (Lipinski definition) is 5. The molecule has 408 valence electrons. The van der Waals surface area contributed by atoms with Crippen molar-refractivity contribution in [1.29, 1.82) is 0 Å². The van der Waals surface area contributed by atoms with Gasteiger partial charge in [-0.25, -0.2) is 0 Å². The molecule has 0 aliphatic carbocycles. The van der Waals surface area contributed by atoms with Crippen LogP contribution in [0.5, 0.6) is 0 Å². The average Bonchev–Trinajstić information content (AvgIpc) is 3.35. The smallest absolute Gasteiger partial charge is 0.305 e. The highest BCUT2D eigenvalue weighted by Crippen LogP contribution is 2.17. The molecule has 0 heterocycles. The molecule has 0 aromatic heterocycles. The third-order valence-electron chi connectivity index (χ3n) is 14.5. The Kier molecular flexibility index (Phi) is 57.5. The molecular formula is C63H121NO5. The summed E-state index contributed by atoms with van der Waals surface area (Å²) in [5.41, 5.74) is 0. The van der Waals surface area contributed by atoms with Crippen molar-refractivity contribution in [1.82, 2.24) is 5.32 Å². The van der Waals surface area contributed by atoms with E-state index in [-0.39, 0.29) is 18.5 Å². The van der Waals surface area contributed by atoms with E-state index in [9.17, 15) is 19.8 Å². The summed E-state index contributed by atoms with van der Waals surface area (Å²) in [5, 5.41) is 23.2. The van der Waals surface area contributed by atoms with Crippen molar-refractivity contribution < 1.29 is 24.5 Å². The van der Waals surface area contributed by atoms with Gasteiger partial charge in [0.1, 0.15) is 0 Å². The topological polar surface area (TPSA) is 95.9 Å². The molecule has 0 fully saturated rings. The Morgan fingerprint density at radius 1 is 0.391 bits per heavy atom. The molecule has 0 rings (SSSR count). The number of allylic oxidation sites excluding steroid dienone is 4. The lowest BCUT2D eigenvalue weighted by molar-refractivity contribution is -0.143. The molecule has 69 heavy (non-hydrogen) atoms. The molecule has 0 aliphatic rings. The monoisotopic (exact) mass is 972 g/mol. The third-order valence-corrected chi connectivity index (χ3v) is 14.5. The minimum Gasteiger partial charge on any atom is -0.466 e. The van der Waals surface area contributed by atoms with Crippen molar-refractivity contribution in [2.75, 3.05) is 13.2 Å². The Morgan fingerprint density at radius 2 is 0.681 bits per heavy atom. The van der Waals surface area contributed by atoms with Crippen molar-refractivity contribution >= 4 is 11.9 Å². The predicted molar refractivity (Wildman–Crippen MR) is 301 cm³/mol. The van der Waals surface area contributed by atoms with Crippen LogP contribution in [0.1, 0.15) is 341 Å². The second-order valence-electron chi connectivity index (χ2n) is 21.4. The Hall–Kier alpha value is -1.66. The normalized spacial score (nSPS) is 12.7. The number of esters is 1. The number of rotatable bonds is 58. The molecule has 0 saturated carbocycles. The highest BCUT2D eigenvalue weighted by molar-refractivity contribution is 5.76. The maximum absolute atomic E-state index is 12.5. The zero-order valence-electron chi connectivity index (χ0n) is 46.6. The molecule has 0 spiro atoms. The largest absolute Gasteiger partial charge is 0.466 e. The van der Waals surface area contributed by atoms with Crippen molar-refractivity contribution in [3.8, 4) is 0 Å². The summed E-state index contributed by atoms with van der Waals surface area (Å²) in [7, 11) is 0. The van der Waals surface area contributed by atoms with Gasteiger partial charge in [-0.15, -0.1) is 0 Å². The molecular weight excluding hydrogens is 851 g/mol. The minimum absolute atomic E-state index is 0.00599. The maximum atomic E-state index is 12.5. The van der Waals surface area contributed by atoms with Crippen molar-refractivity contribution in [2.45, 2.75) is 353 Å². The van der Waals surface area contributed by atoms with Crippen LogP contribution in [0.2, 0.25) is 0 Å². The van der Waals surface area contributed by atoms with Crippen molar-refractivity contribution in [3.05, 3.63) is 24.3 Å². The van der Waals surface area contributed by atoms with Crippen molar-refractivity contribution in [2.24, 2.45) is 0 Å². The fraction of sp³-hybridized carbons (Fsp3) is 0.905. The zero-order chi connectivity index (χ0) is 50.0. The van der Waals surface area contributed by atoms with Gasteiger partial charge in [-0.2, -0.15) is 0 Å². The van der Waals surface area contributed by atoms with Gasteiger partial charge in [0.25, 0.3) is 0 Å². The number of amides is 1. The number of ether oxygens (including phenoxy) is 1. The van der Waals surface area contributed by atoms with Gasteiger partial charge in [-0.3, -0.25) is 9.59 Å². The van der Waals surface area contributed by atoms with Gasteiger partial charge in [-0.1, -0.05) is 276 Å². The van der Waals surface area contributed by atoms with E-state index >= 15 is 0 Å². The van der Waals surface area contributed by atoms with Crippen LogP contribution in [0.3, 0.4) is 0 Å². The molecule has 0 aromatic carbocycles. The molecule has 2 unspecified atom stereocenters. The van der Waals surface area contributed by atoms with Gasteiger partial charge >= 0.3 is 5.97 Å². The quantitative estimate of drug-likeness (QED) is 0.0321. The van der Waals surface area contributed by atoms with Gasteiger partial charge in [0.2, 0.25) is 5.91 Å². The second-order valence-corrected chi connectivity index (χ2v) is 21.4. The maximum Gasteiger partial charge on any atom is 0.305 e. The van der Waals surface area contributed by atoms with Crippen LogP contribution in [-0.2, 0) is 14.3 Å². The summed E-state index contributed by atoms with van der Waals surface area (Å²) in [4.78, 5) is 24.5. The first kappa shape index (κ1) is 67.3. The van der Waals surface area contributed by atoms with E-state index in [0.717, 1.165) is 44.9 Å². The Morgan fingerprint density at radius 3 is 1.04 bits per heavy atom. The average molecular weight is 973 g/mol. The molecule has 6 heteroatoms. The van der Waals surface area contributed by atoms with E-state index in [1.165, 1.54) is 263 Å². The number of aliphatic hydroxyl groups excluding tert-OH is 2. The summed E-state index contributed by atoms with van der Waals surface area (Å²) in [6, 6.07) is -0.540. The number of nitrogens with one attached hydrogen (secondary N) is 1. The molecule has 3 N–H and O–H groups in total. The summed E-state index contributed by atoms with van der Waals surface area (Å²) >= 11 is 0. The van der Waals surface area contributed by atoms with Gasteiger partial charge < -0.3 is 20.3 Å². The predicted octanol–water partition coefficient (Wildman–Crippen LogP) is 19.4.